The third kappa shape index (κ3) is 4.47. The number of aromatic amines is 1. The van der Waals surface area contributed by atoms with E-state index in [0.29, 0.717) is 5.75 Å². The number of aromatic nitrogens is 2. The molecule has 1 amide bonds. The van der Waals surface area contributed by atoms with E-state index in [1.165, 1.54) is 5.56 Å². The lowest BCUT2D eigenvalue weighted by molar-refractivity contribution is -0.113. The van der Waals surface area contributed by atoms with Crippen molar-refractivity contribution in [3.8, 4) is 11.3 Å². The van der Waals surface area contributed by atoms with Crippen LogP contribution in [0.2, 0.25) is 0 Å². The number of H-pyrrole nitrogens is 1. The Morgan fingerprint density at radius 2 is 1.83 bits per heavy atom. The summed E-state index contributed by atoms with van der Waals surface area (Å²) >= 11 is 1.61. The van der Waals surface area contributed by atoms with Crippen molar-refractivity contribution in [3.05, 3.63) is 72.4 Å². The van der Waals surface area contributed by atoms with Gasteiger partial charge in [-0.3, -0.25) is 9.89 Å². The molecule has 0 fully saturated rings. The first-order chi connectivity index (χ1) is 11.3. The van der Waals surface area contributed by atoms with Crippen molar-refractivity contribution < 1.29 is 4.79 Å². The molecule has 0 atom stereocenters. The van der Waals surface area contributed by atoms with Gasteiger partial charge < -0.3 is 5.32 Å². The van der Waals surface area contributed by atoms with Crippen LogP contribution in [0.1, 0.15) is 5.56 Å². The average molecular weight is 323 g/mol. The second-order valence-electron chi connectivity index (χ2n) is 5.07. The van der Waals surface area contributed by atoms with Crippen LogP contribution >= 0.6 is 11.8 Å². The molecule has 1 aromatic heterocycles. The Morgan fingerprint density at radius 3 is 2.52 bits per heavy atom. The summed E-state index contributed by atoms with van der Waals surface area (Å²) in [6.45, 7) is 0. The Labute approximate surface area is 139 Å². The van der Waals surface area contributed by atoms with Gasteiger partial charge in [0.1, 0.15) is 0 Å². The predicted octanol–water partition coefficient (Wildman–Crippen LogP) is 3.95. The molecule has 2 aromatic carbocycles. The minimum absolute atomic E-state index is 0.0141. The molecule has 0 saturated carbocycles. The normalized spacial score (nSPS) is 10.4. The molecule has 0 aliphatic rings. The Hall–Kier alpha value is -2.53. The number of nitrogens with zero attached hydrogens (tertiary/aromatic N) is 1. The molecule has 5 heteroatoms. The standard InChI is InChI=1S/C18H17N3OS/c22-18(13-23-12-14-4-2-1-3-5-14)20-16-8-6-15(7-9-16)17-10-11-19-21-17/h1-11H,12-13H2,(H,19,21)(H,20,22). The number of hydrogen-bond donors (Lipinski definition) is 2. The van der Waals surface area contributed by atoms with Crippen LogP contribution in [0.15, 0.2) is 66.9 Å². The molecule has 23 heavy (non-hydrogen) atoms. The van der Waals surface area contributed by atoms with Gasteiger partial charge in [0.25, 0.3) is 0 Å². The minimum atomic E-state index is 0.0141. The van der Waals surface area contributed by atoms with Crippen LogP contribution in [0, 0.1) is 0 Å². The summed E-state index contributed by atoms with van der Waals surface area (Å²) in [6, 6.07) is 19.8. The summed E-state index contributed by atoms with van der Waals surface area (Å²) in [6.07, 6.45) is 1.72. The summed E-state index contributed by atoms with van der Waals surface area (Å²) in [5, 5.41) is 9.76. The first-order valence-corrected chi connectivity index (χ1v) is 8.48. The van der Waals surface area contributed by atoms with Crippen LogP contribution in [0.4, 0.5) is 5.69 Å². The Morgan fingerprint density at radius 1 is 1.04 bits per heavy atom. The van der Waals surface area contributed by atoms with E-state index in [0.717, 1.165) is 22.7 Å². The van der Waals surface area contributed by atoms with Gasteiger partial charge in [0.2, 0.25) is 5.91 Å². The van der Waals surface area contributed by atoms with Crippen molar-refractivity contribution in [2.75, 3.05) is 11.1 Å². The second-order valence-corrected chi connectivity index (χ2v) is 6.06. The van der Waals surface area contributed by atoms with E-state index in [-0.39, 0.29) is 5.91 Å². The highest BCUT2D eigenvalue weighted by Gasteiger charge is 2.04. The molecule has 4 nitrogen and oxygen atoms in total. The van der Waals surface area contributed by atoms with Crippen LogP contribution in [0.3, 0.4) is 0 Å². The zero-order chi connectivity index (χ0) is 15.9. The molecular weight excluding hydrogens is 306 g/mol. The topological polar surface area (TPSA) is 57.8 Å². The maximum Gasteiger partial charge on any atom is 0.234 e. The molecule has 1 heterocycles. The molecule has 3 aromatic rings. The minimum Gasteiger partial charge on any atom is -0.325 e. The average Bonchev–Trinajstić information content (AvgIpc) is 3.11. The third-order valence-electron chi connectivity index (χ3n) is 3.33. The van der Waals surface area contributed by atoms with Gasteiger partial charge in [0.15, 0.2) is 0 Å². The number of rotatable bonds is 6. The van der Waals surface area contributed by atoms with Crippen molar-refractivity contribution in [2.24, 2.45) is 0 Å². The van der Waals surface area contributed by atoms with E-state index >= 15 is 0 Å². The molecule has 0 radical (unpaired) electrons. The first kappa shape index (κ1) is 15.4. The lowest BCUT2D eigenvalue weighted by atomic mass is 10.1. The van der Waals surface area contributed by atoms with Crippen molar-refractivity contribution >= 4 is 23.4 Å². The van der Waals surface area contributed by atoms with Crippen molar-refractivity contribution in [1.82, 2.24) is 10.2 Å². The molecule has 0 aliphatic carbocycles. The van der Waals surface area contributed by atoms with Crippen LogP contribution in [0.5, 0.6) is 0 Å². The van der Waals surface area contributed by atoms with Gasteiger partial charge in [0, 0.05) is 17.6 Å². The van der Waals surface area contributed by atoms with Crippen LogP contribution < -0.4 is 5.32 Å². The number of carbonyl (C=O) groups is 1. The van der Waals surface area contributed by atoms with E-state index in [1.54, 1.807) is 18.0 Å². The van der Waals surface area contributed by atoms with Gasteiger partial charge in [-0.25, -0.2) is 0 Å². The predicted molar refractivity (Wildman–Crippen MR) is 95.3 cm³/mol. The van der Waals surface area contributed by atoms with E-state index in [4.69, 9.17) is 0 Å². The summed E-state index contributed by atoms with van der Waals surface area (Å²) in [7, 11) is 0. The Balaban J connectivity index is 1.48. The molecule has 0 bridgehead atoms. The molecule has 2 N–H and O–H groups in total. The number of amides is 1. The summed E-state index contributed by atoms with van der Waals surface area (Å²) in [4.78, 5) is 12.0. The summed E-state index contributed by atoms with van der Waals surface area (Å²) < 4.78 is 0. The van der Waals surface area contributed by atoms with E-state index in [1.807, 2.05) is 48.5 Å². The highest BCUT2D eigenvalue weighted by atomic mass is 32.2. The van der Waals surface area contributed by atoms with E-state index < -0.39 is 0 Å². The summed E-state index contributed by atoms with van der Waals surface area (Å²) in [5.74, 6) is 1.30. The molecule has 0 saturated heterocycles. The maximum absolute atomic E-state index is 12.0. The van der Waals surface area contributed by atoms with Gasteiger partial charge in [0.05, 0.1) is 11.4 Å². The molecule has 0 unspecified atom stereocenters. The van der Waals surface area contributed by atoms with Crippen LogP contribution in [-0.2, 0) is 10.5 Å². The molecule has 3 rings (SSSR count). The van der Waals surface area contributed by atoms with Gasteiger partial charge >= 0.3 is 0 Å². The monoisotopic (exact) mass is 323 g/mol. The van der Waals surface area contributed by atoms with Gasteiger partial charge in [-0.1, -0.05) is 42.5 Å². The number of hydrogen-bond acceptors (Lipinski definition) is 3. The van der Waals surface area contributed by atoms with Crippen molar-refractivity contribution in [2.45, 2.75) is 5.75 Å². The fraction of sp³-hybridized carbons (Fsp3) is 0.111. The lowest BCUT2D eigenvalue weighted by Crippen LogP contribution is -2.14. The van der Waals surface area contributed by atoms with Crippen LogP contribution in [0.25, 0.3) is 11.3 Å². The highest BCUT2D eigenvalue weighted by molar-refractivity contribution is 7.99. The maximum atomic E-state index is 12.0. The largest absolute Gasteiger partial charge is 0.325 e. The van der Waals surface area contributed by atoms with E-state index in [2.05, 4.69) is 27.6 Å². The number of anilines is 1. The molecular formula is C18H17N3OS. The number of thioether (sulfide) groups is 1. The molecule has 116 valence electrons. The number of carbonyl (C=O) groups excluding carboxylic acids is 1. The van der Waals surface area contributed by atoms with Crippen molar-refractivity contribution in [1.29, 1.82) is 0 Å². The lowest BCUT2D eigenvalue weighted by Gasteiger charge is -2.06. The fourth-order valence-corrected chi connectivity index (χ4v) is 2.97. The quantitative estimate of drug-likeness (QED) is 0.722. The highest BCUT2D eigenvalue weighted by Crippen LogP contribution is 2.19. The SMILES string of the molecule is O=C(CSCc1ccccc1)Nc1ccc(-c2ccn[nH]2)cc1. The van der Waals surface area contributed by atoms with Crippen molar-refractivity contribution in [3.63, 3.8) is 0 Å². The smallest absolute Gasteiger partial charge is 0.234 e. The Kier molecular flexibility index (Phi) is 5.11. The zero-order valence-corrected chi connectivity index (χ0v) is 13.3. The molecule has 0 aliphatic heterocycles. The van der Waals surface area contributed by atoms with E-state index in [9.17, 15) is 4.79 Å². The molecule has 0 spiro atoms. The van der Waals surface area contributed by atoms with Gasteiger partial charge in [-0.05, 0) is 29.3 Å². The Bertz CT molecular complexity index is 740. The van der Waals surface area contributed by atoms with Crippen LogP contribution in [-0.4, -0.2) is 21.9 Å². The fourth-order valence-electron chi connectivity index (χ4n) is 2.18. The number of nitrogens with one attached hydrogen (secondary N) is 2. The second kappa shape index (κ2) is 7.65. The van der Waals surface area contributed by atoms with Gasteiger partial charge in [-0.15, -0.1) is 11.8 Å². The zero-order valence-electron chi connectivity index (χ0n) is 12.5. The van der Waals surface area contributed by atoms with Gasteiger partial charge in [-0.2, -0.15) is 5.10 Å². The number of benzene rings is 2. The third-order valence-corrected chi connectivity index (χ3v) is 4.33. The first-order valence-electron chi connectivity index (χ1n) is 7.32. The summed E-state index contributed by atoms with van der Waals surface area (Å²) in [5.41, 5.74) is 4.04.